The third-order valence-corrected chi connectivity index (χ3v) is 3.58. The van der Waals surface area contributed by atoms with Crippen LogP contribution >= 0.6 is 27.3 Å². The van der Waals surface area contributed by atoms with Crippen molar-refractivity contribution in [1.82, 2.24) is 4.98 Å². The average Bonchev–Trinajstić information content (AvgIpc) is 2.81. The summed E-state index contributed by atoms with van der Waals surface area (Å²) >= 11 is 3.97. The fraction of sp³-hybridized carbons (Fsp3) is 0.0909. The van der Waals surface area contributed by atoms with Crippen LogP contribution in [0.4, 0.5) is 19.6 Å². The summed E-state index contributed by atoms with van der Waals surface area (Å²) in [6, 6.07) is 0.924. The van der Waals surface area contributed by atoms with Crippen molar-refractivity contribution in [2.75, 3.05) is 5.32 Å². The van der Waals surface area contributed by atoms with E-state index in [2.05, 4.69) is 26.2 Å². The number of carbonyl (C=O) groups is 1. The highest BCUT2D eigenvalue weighted by atomic mass is 79.9. The summed E-state index contributed by atoms with van der Waals surface area (Å²) < 4.78 is 27.5. The van der Waals surface area contributed by atoms with Crippen molar-refractivity contribution in [1.29, 1.82) is 0 Å². The van der Waals surface area contributed by atoms with Crippen molar-refractivity contribution in [3.05, 3.63) is 39.3 Å². The molecule has 0 fully saturated rings. The second kappa shape index (κ2) is 5.81. The first-order valence-corrected chi connectivity index (χ1v) is 6.91. The number of nitrogens with one attached hydrogen (secondary N) is 1. The summed E-state index contributed by atoms with van der Waals surface area (Å²) in [7, 11) is 0. The normalized spacial score (nSPS) is 12.2. The lowest BCUT2D eigenvalue weighted by molar-refractivity contribution is -0.138. The number of hydrogen-bond donors (Lipinski definition) is 3. The minimum absolute atomic E-state index is 0.114. The van der Waals surface area contributed by atoms with Gasteiger partial charge in [-0.1, -0.05) is 15.9 Å². The first-order valence-electron chi connectivity index (χ1n) is 5.24. The molecule has 5 nitrogen and oxygen atoms in total. The molecule has 0 spiro atoms. The predicted molar refractivity (Wildman–Crippen MR) is 74.0 cm³/mol. The van der Waals surface area contributed by atoms with Crippen molar-refractivity contribution in [3.63, 3.8) is 0 Å². The SMILES string of the molecule is NC(C(=O)O)c1csc(Nc2c(F)cc(Br)cc2F)n1. The lowest BCUT2D eigenvalue weighted by Crippen LogP contribution is -2.20. The van der Waals surface area contributed by atoms with E-state index in [-0.39, 0.29) is 21.0 Å². The van der Waals surface area contributed by atoms with E-state index in [4.69, 9.17) is 10.8 Å². The van der Waals surface area contributed by atoms with Gasteiger partial charge < -0.3 is 16.2 Å². The Bertz CT molecular complexity index is 642. The molecular weight excluding hydrogens is 356 g/mol. The highest BCUT2D eigenvalue weighted by Crippen LogP contribution is 2.29. The van der Waals surface area contributed by atoms with Crippen LogP contribution in [0.5, 0.6) is 0 Å². The molecule has 9 heteroatoms. The zero-order valence-electron chi connectivity index (χ0n) is 9.73. The van der Waals surface area contributed by atoms with Gasteiger partial charge in [0.1, 0.15) is 11.7 Å². The summed E-state index contributed by atoms with van der Waals surface area (Å²) in [6.45, 7) is 0. The minimum Gasteiger partial charge on any atom is -0.480 e. The molecular formula is C11H8BrF2N3O2S. The molecule has 1 heterocycles. The van der Waals surface area contributed by atoms with Crippen LogP contribution in [0.25, 0.3) is 0 Å². The van der Waals surface area contributed by atoms with Crippen LogP contribution in [-0.4, -0.2) is 16.1 Å². The number of carboxylic acid groups (broad SMARTS) is 1. The van der Waals surface area contributed by atoms with Crippen LogP contribution in [-0.2, 0) is 4.79 Å². The zero-order chi connectivity index (χ0) is 14.9. The fourth-order valence-corrected chi connectivity index (χ4v) is 2.53. The molecule has 1 atom stereocenters. The molecule has 1 aromatic carbocycles. The molecule has 0 aliphatic carbocycles. The summed E-state index contributed by atoms with van der Waals surface area (Å²) in [5.74, 6) is -2.82. The second-order valence-corrected chi connectivity index (χ2v) is 5.54. The zero-order valence-corrected chi connectivity index (χ0v) is 12.1. The number of rotatable bonds is 4. The molecule has 0 radical (unpaired) electrons. The molecule has 20 heavy (non-hydrogen) atoms. The summed E-state index contributed by atoms with van der Waals surface area (Å²) in [6.07, 6.45) is 0. The van der Waals surface area contributed by atoms with Crippen molar-refractivity contribution in [2.24, 2.45) is 5.73 Å². The number of hydrogen-bond acceptors (Lipinski definition) is 5. The Morgan fingerprint density at radius 2 is 2.05 bits per heavy atom. The van der Waals surface area contributed by atoms with Gasteiger partial charge in [-0.2, -0.15) is 0 Å². The van der Waals surface area contributed by atoms with Gasteiger partial charge in [-0.3, -0.25) is 4.79 Å². The third-order valence-electron chi connectivity index (χ3n) is 2.35. The quantitative estimate of drug-likeness (QED) is 0.776. The van der Waals surface area contributed by atoms with Crippen LogP contribution < -0.4 is 11.1 Å². The predicted octanol–water partition coefficient (Wildman–Crippen LogP) is 3.01. The van der Waals surface area contributed by atoms with E-state index < -0.39 is 23.6 Å². The fourth-order valence-electron chi connectivity index (χ4n) is 1.38. The Hall–Kier alpha value is -1.58. The molecule has 0 bridgehead atoms. The van der Waals surface area contributed by atoms with Gasteiger partial charge in [0, 0.05) is 9.85 Å². The van der Waals surface area contributed by atoms with Crippen molar-refractivity contribution in [3.8, 4) is 0 Å². The van der Waals surface area contributed by atoms with E-state index in [9.17, 15) is 13.6 Å². The smallest absolute Gasteiger partial charge is 0.326 e. The van der Waals surface area contributed by atoms with E-state index in [0.717, 1.165) is 23.5 Å². The molecule has 0 aliphatic heterocycles. The Morgan fingerprint density at radius 3 is 2.60 bits per heavy atom. The van der Waals surface area contributed by atoms with Gasteiger partial charge in [0.05, 0.1) is 5.69 Å². The molecule has 0 aliphatic rings. The molecule has 2 aromatic rings. The maximum absolute atomic E-state index is 13.6. The summed E-state index contributed by atoms with van der Waals surface area (Å²) in [5.41, 5.74) is 5.14. The van der Waals surface area contributed by atoms with Crippen molar-refractivity contribution in [2.45, 2.75) is 6.04 Å². The van der Waals surface area contributed by atoms with Crippen LogP contribution in [0.1, 0.15) is 11.7 Å². The number of carboxylic acids is 1. The lowest BCUT2D eigenvalue weighted by Gasteiger charge is -2.06. The number of halogens is 3. The van der Waals surface area contributed by atoms with Crippen LogP contribution in [0, 0.1) is 11.6 Å². The molecule has 2 rings (SSSR count). The van der Waals surface area contributed by atoms with Crippen LogP contribution in [0.15, 0.2) is 22.0 Å². The second-order valence-electron chi connectivity index (χ2n) is 3.76. The molecule has 0 saturated carbocycles. The number of nitrogens with two attached hydrogens (primary N) is 1. The molecule has 1 unspecified atom stereocenters. The number of anilines is 2. The highest BCUT2D eigenvalue weighted by Gasteiger charge is 2.19. The Labute approximate surface area is 124 Å². The molecule has 0 amide bonds. The van der Waals surface area contributed by atoms with Gasteiger partial charge in [-0.15, -0.1) is 11.3 Å². The molecule has 1 aromatic heterocycles. The van der Waals surface area contributed by atoms with Gasteiger partial charge in [0.25, 0.3) is 0 Å². The van der Waals surface area contributed by atoms with Crippen molar-refractivity contribution >= 4 is 44.1 Å². The van der Waals surface area contributed by atoms with Gasteiger partial charge in [0.15, 0.2) is 16.8 Å². The van der Waals surface area contributed by atoms with Crippen LogP contribution in [0.3, 0.4) is 0 Å². The maximum Gasteiger partial charge on any atom is 0.326 e. The van der Waals surface area contributed by atoms with Gasteiger partial charge >= 0.3 is 5.97 Å². The van der Waals surface area contributed by atoms with E-state index in [1.165, 1.54) is 5.38 Å². The Balaban J connectivity index is 2.25. The lowest BCUT2D eigenvalue weighted by atomic mass is 10.2. The number of aromatic nitrogens is 1. The van der Waals surface area contributed by atoms with Gasteiger partial charge in [0.2, 0.25) is 0 Å². The standard InChI is InChI=1S/C11H8BrF2N3O2S/c12-4-1-5(13)9(6(14)2-4)17-11-16-7(3-20-11)8(15)10(18)19/h1-3,8H,15H2,(H,16,17)(H,18,19). The molecule has 0 saturated heterocycles. The number of nitrogens with zero attached hydrogens (tertiary/aromatic N) is 1. The number of aliphatic carboxylic acids is 1. The average molecular weight is 364 g/mol. The molecule has 4 N–H and O–H groups in total. The van der Waals surface area contributed by atoms with Gasteiger partial charge in [-0.05, 0) is 12.1 Å². The summed E-state index contributed by atoms with van der Waals surface area (Å²) in [5, 5.41) is 12.8. The van der Waals surface area contributed by atoms with Crippen LogP contribution in [0.2, 0.25) is 0 Å². The largest absolute Gasteiger partial charge is 0.480 e. The Kier molecular flexibility index (Phi) is 4.31. The first kappa shape index (κ1) is 14.8. The monoisotopic (exact) mass is 363 g/mol. The van der Waals surface area contributed by atoms with E-state index in [1.54, 1.807) is 0 Å². The van der Waals surface area contributed by atoms with E-state index in [1.807, 2.05) is 0 Å². The number of thiazole rings is 1. The molecule has 106 valence electrons. The van der Waals surface area contributed by atoms with E-state index >= 15 is 0 Å². The minimum atomic E-state index is -1.28. The Morgan fingerprint density at radius 1 is 1.45 bits per heavy atom. The van der Waals surface area contributed by atoms with E-state index in [0.29, 0.717) is 0 Å². The first-order chi connectivity index (χ1) is 9.38. The topological polar surface area (TPSA) is 88.2 Å². The maximum atomic E-state index is 13.6. The highest BCUT2D eigenvalue weighted by molar-refractivity contribution is 9.10. The van der Waals surface area contributed by atoms with Gasteiger partial charge in [-0.25, -0.2) is 13.8 Å². The van der Waals surface area contributed by atoms with Crippen molar-refractivity contribution < 1.29 is 18.7 Å². The number of benzene rings is 1. The summed E-state index contributed by atoms with van der Waals surface area (Å²) in [4.78, 5) is 14.6. The third kappa shape index (κ3) is 3.11.